The number of rotatable bonds is 7. The van der Waals surface area contributed by atoms with Crippen molar-refractivity contribution in [2.24, 2.45) is 0 Å². The minimum Gasteiger partial charge on any atom is -0.493 e. The number of esters is 1. The lowest BCUT2D eigenvalue weighted by Crippen LogP contribution is -2.26. The van der Waals surface area contributed by atoms with Crippen molar-refractivity contribution in [1.82, 2.24) is 0 Å². The van der Waals surface area contributed by atoms with Crippen molar-refractivity contribution in [2.45, 2.75) is 13.0 Å². The number of carbonyl (C=O) groups excluding carboxylic acids is 2. The van der Waals surface area contributed by atoms with Crippen LogP contribution in [-0.2, 0) is 9.53 Å². The van der Waals surface area contributed by atoms with Gasteiger partial charge in [-0.25, -0.2) is 4.79 Å². The SMILES string of the molecule is COc1cc(C(=O)O[C@@H](C(=O)Nc2ccc(C)cc2)c2ccccc2)cc(Cl)c1OC. The third-order valence-electron chi connectivity index (χ3n) is 4.55. The number of amides is 1. The number of aryl methyl sites for hydroxylation is 1. The zero-order chi connectivity index (χ0) is 22.4. The molecule has 0 aliphatic rings. The minimum atomic E-state index is -1.16. The van der Waals surface area contributed by atoms with E-state index in [0.717, 1.165) is 5.56 Å². The van der Waals surface area contributed by atoms with E-state index in [1.54, 1.807) is 36.4 Å². The lowest BCUT2D eigenvalue weighted by atomic mass is 10.1. The summed E-state index contributed by atoms with van der Waals surface area (Å²) in [7, 11) is 2.88. The van der Waals surface area contributed by atoms with Crippen LogP contribution in [0.3, 0.4) is 0 Å². The second-order valence-electron chi connectivity index (χ2n) is 6.74. The summed E-state index contributed by atoms with van der Waals surface area (Å²) in [5, 5.41) is 2.98. The summed E-state index contributed by atoms with van der Waals surface area (Å²) in [6.07, 6.45) is -1.16. The predicted octanol–water partition coefficient (Wildman–Crippen LogP) is 5.20. The summed E-state index contributed by atoms with van der Waals surface area (Å²) >= 11 is 6.20. The molecule has 0 saturated carbocycles. The molecule has 1 N–H and O–H groups in total. The summed E-state index contributed by atoms with van der Waals surface area (Å²) in [5.41, 5.74) is 2.33. The highest BCUT2D eigenvalue weighted by atomic mass is 35.5. The fraction of sp³-hybridized carbons (Fsp3) is 0.167. The van der Waals surface area contributed by atoms with Gasteiger partial charge in [-0.1, -0.05) is 59.6 Å². The van der Waals surface area contributed by atoms with Crippen LogP contribution in [-0.4, -0.2) is 26.1 Å². The number of ether oxygens (including phenoxy) is 3. The maximum Gasteiger partial charge on any atom is 0.339 e. The van der Waals surface area contributed by atoms with Gasteiger partial charge in [0.25, 0.3) is 5.91 Å². The fourth-order valence-corrected chi connectivity index (χ4v) is 3.24. The summed E-state index contributed by atoms with van der Waals surface area (Å²) < 4.78 is 16.0. The first-order chi connectivity index (χ1) is 14.9. The van der Waals surface area contributed by atoms with Crippen LogP contribution in [0.5, 0.6) is 11.5 Å². The fourth-order valence-electron chi connectivity index (χ4n) is 2.96. The Morgan fingerprint density at radius 1 is 0.935 bits per heavy atom. The first kappa shape index (κ1) is 22.2. The van der Waals surface area contributed by atoms with Crippen molar-refractivity contribution in [3.63, 3.8) is 0 Å². The molecule has 7 heteroatoms. The molecule has 0 aliphatic carbocycles. The monoisotopic (exact) mass is 439 g/mol. The van der Waals surface area contributed by atoms with Crippen molar-refractivity contribution in [1.29, 1.82) is 0 Å². The molecule has 1 amide bonds. The van der Waals surface area contributed by atoms with E-state index in [4.69, 9.17) is 25.8 Å². The quantitative estimate of drug-likeness (QED) is 0.512. The molecule has 160 valence electrons. The van der Waals surface area contributed by atoms with Crippen molar-refractivity contribution < 1.29 is 23.8 Å². The highest BCUT2D eigenvalue weighted by molar-refractivity contribution is 6.32. The lowest BCUT2D eigenvalue weighted by Gasteiger charge is -2.19. The average Bonchev–Trinajstić information content (AvgIpc) is 2.78. The maximum atomic E-state index is 13.0. The van der Waals surface area contributed by atoms with Gasteiger partial charge in [0.15, 0.2) is 11.5 Å². The summed E-state index contributed by atoms with van der Waals surface area (Å²) in [5.74, 6) is -0.620. The molecular weight excluding hydrogens is 418 g/mol. The number of hydrogen-bond donors (Lipinski definition) is 1. The number of anilines is 1. The van der Waals surface area contributed by atoms with E-state index < -0.39 is 18.0 Å². The summed E-state index contributed by atoms with van der Waals surface area (Å²) in [6.45, 7) is 1.95. The molecule has 0 fully saturated rings. The molecule has 1 atom stereocenters. The van der Waals surface area contributed by atoms with Gasteiger partial charge in [-0.3, -0.25) is 4.79 Å². The van der Waals surface area contributed by atoms with E-state index in [-0.39, 0.29) is 16.3 Å². The standard InChI is InChI=1S/C24H22ClNO5/c1-15-9-11-18(12-10-15)26-23(27)21(16-7-5-4-6-8-16)31-24(28)17-13-19(25)22(30-3)20(14-17)29-2/h4-14,21H,1-3H3,(H,26,27)/t21-/m1/s1. The molecule has 0 spiro atoms. The first-order valence-corrected chi connectivity index (χ1v) is 9.85. The third kappa shape index (κ3) is 5.35. The Morgan fingerprint density at radius 3 is 2.23 bits per heavy atom. The average molecular weight is 440 g/mol. The molecule has 0 aliphatic heterocycles. The van der Waals surface area contributed by atoms with Crippen LogP contribution in [0.2, 0.25) is 5.02 Å². The molecule has 0 aromatic heterocycles. The van der Waals surface area contributed by atoms with E-state index in [1.165, 1.54) is 26.4 Å². The molecule has 3 aromatic rings. The van der Waals surface area contributed by atoms with Gasteiger partial charge in [0.05, 0.1) is 24.8 Å². The normalized spacial score (nSPS) is 11.4. The van der Waals surface area contributed by atoms with Gasteiger partial charge in [-0.2, -0.15) is 0 Å². The smallest absolute Gasteiger partial charge is 0.339 e. The Kier molecular flexibility index (Phi) is 7.15. The summed E-state index contributed by atoms with van der Waals surface area (Å²) in [6, 6.07) is 19.0. The van der Waals surface area contributed by atoms with Crippen LogP contribution in [0.4, 0.5) is 5.69 Å². The maximum absolute atomic E-state index is 13.0. The number of carbonyl (C=O) groups is 2. The summed E-state index contributed by atoms with van der Waals surface area (Å²) in [4.78, 5) is 25.9. The van der Waals surface area contributed by atoms with Gasteiger partial charge in [0, 0.05) is 11.3 Å². The molecule has 0 unspecified atom stereocenters. The Morgan fingerprint density at radius 2 is 1.61 bits per heavy atom. The van der Waals surface area contributed by atoms with Crippen LogP contribution in [0, 0.1) is 6.92 Å². The van der Waals surface area contributed by atoms with E-state index >= 15 is 0 Å². The minimum absolute atomic E-state index is 0.131. The number of hydrogen-bond acceptors (Lipinski definition) is 5. The third-order valence-corrected chi connectivity index (χ3v) is 4.83. The van der Waals surface area contributed by atoms with Crippen LogP contribution < -0.4 is 14.8 Å². The first-order valence-electron chi connectivity index (χ1n) is 9.48. The van der Waals surface area contributed by atoms with E-state index in [1.807, 2.05) is 25.1 Å². The highest BCUT2D eigenvalue weighted by Gasteiger charge is 2.27. The zero-order valence-electron chi connectivity index (χ0n) is 17.3. The van der Waals surface area contributed by atoms with E-state index in [2.05, 4.69) is 5.32 Å². The van der Waals surface area contributed by atoms with E-state index in [9.17, 15) is 9.59 Å². The zero-order valence-corrected chi connectivity index (χ0v) is 18.1. The Balaban J connectivity index is 1.88. The molecule has 0 saturated heterocycles. The molecule has 0 heterocycles. The molecule has 0 radical (unpaired) electrons. The molecule has 0 bridgehead atoms. The van der Waals surface area contributed by atoms with Crippen LogP contribution in [0.25, 0.3) is 0 Å². The van der Waals surface area contributed by atoms with Crippen molar-refractivity contribution in [3.8, 4) is 11.5 Å². The van der Waals surface area contributed by atoms with Gasteiger partial charge in [0.2, 0.25) is 6.10 Å². The molecular formula is C24H22ClNO5. The van der Waals surface area contributed by atoms with Gasteiger partial charge in [-0.15, -0.1) is 0 Å². The lowest BCUT2D eigenvalue weighted by molar-refractivity contribution is -0.125. The van der Waals surface area contributed by atoms with Gasteiger partial charge >= 0.3 is 5.97 Å². The number of nitrogens with one attached hydrogen (secondary N) is 1. The Labute approximate surface area is 185 Å². The van der Waals surface area contributed by atoms with Crippen LogP contribution in [0.1, 0.15) is 27.6 Å². The number of halogens is 1. The van der Waals surface area contributed by atoms with E-state index in [0.29, 0.717) is 17.0 Å². The Hall–Kier alpha value is -3.51. The highest BCUT2D eigenvalue weighted by Crippen LogP contribution is 2.36. The second-order valence-corrected chi connectivity index (χ2v) is 7.15. The predicted molar refractivity (Wildman–Crippen MR) is 119 cm³/mol. The second kappa shape index (κ2) is 10.00. The largest absolute Gasteiger partial charge is 0.493 e. The van der Waals surface area contributed by atoms with Crippen molar-refractivity contribution >= 4 is 29.2 Å². The van der Waals surface area contributed by atoms with Crippen LogP contribution >= 0.6 is 11.6 Å². The molecule has 3 aromatic carbocycles. The van der Waals surface area contributed by atoms with Crippen molar-refractivity contribution in [3.05, 3.63) is 88.4 Å². The van der Waals surface area contributed by atoms with Gasteiger partial charge in [-0.05, 0) is 31.2 Å². The van der Waals surface area contributed by atoms with Gasteiger partial charge < -0.3 is 19.5 Å². The molecule has 31 heavy (non-hydrogen) atoms. The number of methoxy groups -OCH3 is 2. The topological polar surface area (TPSA) is 73.9 Å². The van der Waals surface area contributed by atoms with Crippen molar-refractivity contribution in [2.75, 3.05) is 19.5 Å². The van der Waals surface area contributed by atoms with Gasteiger partial charge in [0.1, 0.15) is 0 Å². The Bertz CT molecular complexity index is 1070. The molecule has 6 nitrogen and oxygen atoms in total. The number of benzene rings is 3. The van der Waals surface area contributed by atoms with Crippen LogP contribution in [0.15, 0.2) is 66.7 Å². The molecule has 3 rings (SSSR count).